The summed E-state index contributed by atoms with van der Waals surface area (Å²) in [6.07, 6.45) is 4.32. The van der Waals surface area contributed by atoms with Crippen LogP contribution in [0.15, 0.2) is 42.5 Å². The lowest BCUT2D eigenvalue weighted by molar-refractivity contribution is 0.721. The molecule has 0 bridgehead atoms. The van der Waals surface area contributed by atoms with Crippen LogP contribution in [0.1, 0.15) is 24.8 Å². The fraction of sp³-hybridized carbons (Fsp3) is 0.333. The van der Waals surface area contributed by atoms with Crippen LogP contribution in [0.5, 0.6) is 0 Å². The van der Waals surface area contributed by atoms with E-state index in [1.807, 2.05) is 0 Å². The molecular formula is C18H20Si. The first-order valence-corrected chi connectivity index (χ1v) is 9.94. The minimum absolute atomic E-state index is 1.39. The summed E-state index contributed by atoms with van der Waals surface area (Å²) in [5.41, 5.74) is 4.53. The number of rotatable bonds is 0. The predicted molar refractivity (Wildman–Crippen MR) is 85.1 cm³/mol. The summed E-state index contributed by atoms with van der Waals surface area (Å²) in [6, 6.07) is 19.3. The van der Waals surface area contributed by atoms with Gasteiger partial charge in [-0.3, -0.25) is 0 Å². The van der Waals surface area contributed by atoms with Crippen molar-refractivity contribution in [2.24, 2.45) is 0 Å². The molecule has 0 aliphatic carbocycles. The number of hydrogen-bond acceptors (Lipinski definition) is 0. The third-order valence-electron chi connectivity index (χ3n) is 5.13. The summed E-state index contributed by atoms with van der Waals surface area (Å²) in [5, 5.41) is 3.48. The molecule has 0 unspecified atom stereocenters. The first-order valence-electron chi connectivity index (χ1n) is 7.52. The second-order valence-corrected chi connectivity index (χ2v) is 10.5. The van der Waals surface area contributed by atoms with Crippen molar-refractivity contribution in [3.63, 3.8) is 0 Å². The Hall–Kier alpha value is -1.34. The quantitative estimate of drug-likeness (QED) is 0.636. The molecule has 0 amide bonds. The normalized spacial score (nSPS) is 19.2. The number of aryl methyl sites for hydroxylation is 1. The number of fused-ring (bicyclic) bond motifs is 5. The van der Waals surface area contributed by atoms with Gasteiger partial charge in [-0.25, -0.2) is 0 Å². The van der Waals surface area contributed by atoms with Crippen molar-refractivity contribution >= 4 is 18.4 Å². The molecule has 2 heterocycles. The summed E-state index contributed by atoms with van der Waals surface area (Å²) in [6.45, 7) is 2.24. The van der Waals surface area contributed by atoms with Gasteiger partial charge in [0, 0.05) is 0 Å². The first kappa shape index (κ1) is 11.5. The lowest BCUT2D eigenvalue weighted by atomic mass is 10.0. The monoisotopic (exact) mass is 264 g/mol. The Morgan fingerprint density at radius 1 is 0.789 bits per heavy atom. The Balaban J connectivity index is 2.03. The average molecular weight is 264 g/mol. The van der Waals surface area contributed by atoms with Crippen molar-refractivity contribution < 1.29 is 0 Å². The largest absolute Gasteiger partial charge is 0.119 e. The Labute approximate surface area is 116 Å². The molecule has 0 atom stereocenters. The van der Waals surface area contributed by atoms with Crippen LogP contribution in [-0.2, 0) is 0 Å². The minimum Gasteiger partial charge on any atom is -0.0623 e. The molecule has 0 N–H and O–H groups in total. The Morgan fingerprint density at radius 3 is 2.37 bits per heavy atom. The van der Waals surface area contributed by atoms with Crippen LogP contribution in [0.25, 0.3) is 11.1 Å². The molecule has 2 aliphatic rings. The van der Waals surface area contributed by atoms with Crippen molar-refractivity contribution in [3.8, 4) is 11.1 Å². The standard InChI is InChI=1S/C18H20Si/c1-14-9-10-16-15-7-3-4-8-17(15)19(18(16)13-14)11-5-2-6-12-19/h3-4,7-10,13H,2,5-6,11-12H2,1H3. The SMILES string of the molecule is Cc1ccc2c(c1)[Si]1(CCCCC1)c1ccccc1-2. The third-order valence-corrected chi connectivity index (χ3v) is 10.5. The van der Waals surface area contributed by atoms with Crippen LogP contribution < -0.4 is 10.4 Å². The fourth-order valence-electron chi connectivity index (χ4n) is 4.26. The zero-order valence-electron chi connectivity index (χ0n) is 11.6. The van der Waals surface area contributed by atoms with Crippen LogP contribution in [-0.4, -0.2) is 8.07 Å². The molecule has 4 rings (SSSR count). The second kappa shape index (κ2) is 4.07. The summed E-state index contributed by atoms with van der Waals surface area (Å²) < 4.78 is 0. The molecule has 0 aromatic heterocycles. The topological polar surface area (TPSA) is 0 Å². The molecule has 2 aromatic carbocycles. The zero-order chi connectivity index (χ0) is 12.9. The maximum absolute atomic E-state index is 2.51. The summed E-state index contributed by atoms with van der Waals surface area (Å²) in [5.74, 6) is 0. The van der Waals surface area contributed by atoms with Gasteiger partial charge in [-0.1, -0.05) is 67.3 Å². The highest BCUT2D eigenvalue weighted by Gasteiger charge is 2.45. The van der Waals surface area contributed by atoms with Crippen LogP contribution >= 0.6 is 0 Å². The molecule has 0 saturated carbocycles. The van der Waals surface area contributed by atoms with Gasteiger partial charge >= 0.3 is 0 Å². The van der Waals surface area contributed by atoms with Crippen LogP contribution in [0.2, 0.25) is 12.1 Å². The van der Waals surface area contributed by atoms with Gasteiger partial charge in [0.1, 0.15) is 8.07 Å². The molecule has 1 fully saturated rings. The summed E-state index contributed by atoms with van der Waals surface area (Å²) in [4.78, 5) is 0. The van der Waals surface area contributed by atoms with Gasteiger partial charge in [0.05, 0.1) is 0 Å². The third kappa shape index (κ3) is 1.51. The lowest BCUT2D eigenvalue weighted by Gasteiger charge is -2.33. The molecular weight excluding hydrogens is 244 g/mol. The Morgan fingerprint density at radius 2 is 1.53 bits per heavy atom. The maximum Gasteiger partial charge on any atom is 0.119 e. The predicted octanol–water partition coefficient (Wildman–Crippen LogP) is 3.72. The second-order valence-electron chi connectivity index (χ2n) is 6.24. The molecule has 1 heteroatoms. The van der Waals surface area contributed by atoms with E-state index in [9.17, 15) is 0 Å². The molecule has 2 aromatic rings. The summed E-state index contributed by atoms with van der Waals surface area (Å²) in [7, 11) is -1.39. The number of hydrogen-bond donors (Lipinski definition) is 0. The zero-order valence-corrected chi connectivity index (χ0v) is 12.6. The fourth-order valence-corrected chi connectivity index (χ4v) is 9.97. The molecule has 19 heavy (non-hydrogen) atoms. The highest BCUT2D eigenvalue weighted by atomic mass is 28.3. The maximum atomic E-state index is 2.51. The van der Waals surface area contributed by atoms with Gasteiger partial charge < -0.3 is 0 Å². The Bertz CT molecular complexity index is 636. The van der Waals surface area contributed by atoms with E-state index in [-0.39, 0.29) is 0 Å². The minimum atomic E-state index is -1.39. The van der Waals surface area contributed by atoms with E-state index in [4.69, 9.17) is 0 Å². The van der Waals surface area contributed by atoms with Crippen molar-refractivity contribution in [2.45, 2.75) is 38.3 Å². The van der Waals surface area contributed by atoms with E-state index in [2.05, 4.69) is 49.4 Å². The molecule has 0 nitrogen and oxygen atoms in total. The van der Waals surface area contributed by atoms with Gasteiger partial charge in [-0.05, 0) is 40.5 Å². The van der Waals surface area contributed by atoms with Gasteiger partial charge in [-0.2, -0.15) is 0 Å². The lowest BCUT2D eigenvalue weighted by Crippen LogP contribution is -2.56. The molecule has 1 spiro atoms. The first-order chi connectivity index (χ1) is 9.31. The smallest absolute Gasteiger partial charge is 0.0623 e. The van der Waals surface area contributed by atoms with E-state index in [1.54, 1.807) is 21.5 Å². The van der Waals surface area contributed by atoms with E-state index in [0.717, 1.165) is 0 Å². The van der Waals surface area contributed by atoms with Gasteiger partial charge in [-0.15, -0.1) is 0 Å². The Kier molecular flexibility index (Phi) is 2.46. The van der Waals surface area contributed by atoms with Crippen molar-refractivity contribution in [3.05, 3.63) is 48.0 Å². The molecule has 2 aliphatic heterocycles. The van der Waals surface area contributed by atoms with Crippen LogP contribution in [0, 0.1) is 6.92 Å². The van der Waals surface area contributed by atoms with Gasteiger partial charge in [0.2, 0.25) is 0 Å². The number of benzene rings is 2. The van der Waals surface area contributed by atoms with E-state index in [0.29, 0.717) is 0 Å². The van der Waals surface area contributed by atoms with Gasteiger partial charge in [0.25, 0.3) is 0 Å². The van der Waals surface area contributed by atoms with Crippen molar-refractivity contribution in [1.82, 2.24) is 0 Å². The van der Waals surface area contributed by atoms with Gasteiger partial charge in [0.15, 0.2) is 0 Å². The van der Waals surface area contributed by atoms with Crippen LogP contribution in [0.4, 0.5) is 0 Å². The van der Waals surface area contributed by atoms with Crippen molar-refractivity contribution in [2.75, 3.05) is 0 Å². The van der Waals surface area contributed by atoms with Crippen LogP contribution in [0.3, 0.4) is 0 Å². The average Bonchev–Trinajstić information content (AvgIpc) is 2.71. The highest BCUT2D eigenvalue weighted by molar-refractivity contribution is 7.05. The molecule has 1 saturated heterocycles. The van der Waals surface area contributed by atoms with E-state index >= 15 is 0 Å². The summed E-state index contributed by atoms with van der Waals surface area (Å²) >= 11 is 0. The molecule has 96 valence electrons. The highest BCUT2D eigenvalue weighted by Crippen LogP contribution is 2.37. The molecule has 0 radical (unpaired) electrons. The van der Waals surface area contributed by atoms with Crippen molar-refractivity contribution in [1.29, 1.82) is 0 Å². The van der Waals surface area contributed by atoms with E-state index < -0.39 is 8.07 Å². The van der Waals surface area contributed by atoms with E-state index in [1.165, 1.54) is 36.9 Å².